The van der Waals surface area contributed by atoms with E-state index in [1.54, 1.807) is 7.05 Å². The van der Waals surface area contributed by atoms with Crippen LogP contribution in [0.4, 0.5) is 0 Å². The number of carbonyl (C=O) groups excluding carboxylic acids is 2. The summed E-state index contributed by atoms with van der Waals surface area (Å²) in [5, 5.41) is 5.43. The van der Waals surface area contributed by atoms with Crippen molar-refractivity contribution in [1.82, 2.24) is 15.5 Å². The molecule has 0 saturated carbocycles. The van der Waals surface area contributed by atoms with Crippen LogP contribution in [0.5, 0.6) is 0 Å². The summed E-state index contributed by atoms with van der Waals surface area (Å²) in [5.41, 5.74) is 6.65. The van der Waals surface area contributed by atoms with E-state index in [0.717, 1.165) is 25.1 Å². The lowest BCUT2D eigenvalue weighted by Gasteiger charge is -2.23. The summed E-state index contributed by atoms with van der Waals surface area (Å²) in [5.74, 6) is -0.374. The Bertz CT molecular complexity index is 555. The average Bonchev–Trinajstić information content (AvgIpc) is 2.94. The highest BCUT2D eigenvalue weighted by Gasteiger charge is 2.33. The summed E-state index contributed by atoms with van der Waals surface area (Å²) in [6.45, 7) is 4.72. The molecule has 1 heterocycles. The van der Waals surface area contributed by atoms with Crippen LogP contribution >= 0.6 is 12.4 Å². The fourth-order valence-electron chi connectivity index (χ4n) is 2.93. The first kappa shape index (κ1) is 20.4. The quantitative estimate of drug-likeness (QED) is 0.701. The number of likely N-dealkylation sites (N-methyl/N-ethyl adjacent to an activating group) is 1. The van der Waals surface area contributed by atoms with Gasteiger partial charge in [-0.1, -0.05) is 37.3 Å². The van der Waals surface area contributed by atoms with E-state index in [0.29, 0.717) is 6.54 Å². The van der Waals surface area contributed by atoms with Crippen LogP contribution < -0.4 is 16.4 Å². The fraction of sp³-hybridized carbons (Fsp3) is 0.529. The fourth-order valence-corrected chi connectivity index (χ4v) is 2.93. The van der Waals surface area contributed by atoms with Gasteiger partial charge in [0.25, 0.3) is 0 Å². The second kappa shape index (κ2) is 9.01. The van der Waals surface area contributed by atoms with E-state index in [9.17, 15) is 9.59 Å². The third-order valence-electron chi connectivity index (χ3n) is 4.44. The number of carbonyl (C=O) groups is 2. The first-order valence-corrected chi connectivity index (χ1v) is 7.96. The molecule has 0 aromatic heterocycles. The van der Waals surface area contributed by atoms with Gasteiger partial charge in [0.2, 0.25) is 11.8 Å². The van der Waals surface area contributed by atoms with Crippen LogP contribution in [-0.4, -0.2) is 49.9 Å². The van der Waals surface area contributed by atoms with Crippen LogP contribution in [0.1, 0.15) is 24.9 Å². The van der Waals surface area contributed by atoms with Gasteiger partial charge < -0.3 is 16.4 Å². The Balaban J connectivity index is 0.00000288. The number of hydrogen-bond acceptors (Lipinski definition) is 4. The van der Waals surface area contributed by atoms with Crippen molar-refractivity contribution in [3.05, 3.63) is 35.9 Å². The van der Waals surface area contributed by atoms with Crippen molar-refractivity contribution in [1.29, 1.82) is 0 Å². The third-order valence-corrected chi connectivity index (χ3v) is 4.44. The summed E-state index contributed by atoms with van der Waals surface area (Å²) in [4.78, 5) is 26.5. The molecule has 2 amide bonds. The van der Waals surface area contributed by atoms with E-state index < -0.39 is 6.04 Å². The molecule has 0 bridgehead atoms. The molecular weight excluding hydrogens is 328 g/mol. The maximum atomic E-state index is 12.3. The highest BCUT2D eigenvalue weighted by atomic mass is 35.5. The predicted octanol–water partition coefficient (Wildman–Crippen LogP) is 0.682. The van der Waals surface area contributed by atoms with E-state index in [1.807, 2.05) is 30.3 Å². The van der Waals surface area contributed by atoms with Crippen molar-refractivity contribution in [2.45, 2.75) is 19.4 Å². The van der Waals surface area contributed by atoms with E-state index in [1.165, 1.54) is 0 Å². The molecular formula is C17H27ClN4O2. The van der Waals surface area contributed by atoms with Crippen LogP contribution in [0.15, 0.2) is 30.3 Å². The summed E-state index contributed by atoms with van der Waals surface area (Å²) in [7, 11) is 1.57. The molecule has 4 N–H and O–H groups in total. The molecule has 1 aliphatic heterocycles. The number of nitrogens with zero attached hydrogens (tertiary/aromatic N) is 1. The number of halogens is 1. The van der Waals surface area contributed by atoms with Gasteiger partial charge in [-0.2, -0.15) is 0 Å². The van der Waals surface area contributed by atoms with E-state index in [2.05, 4.69) is 22.5 Å². The first-order valence-electron chi connectivity index (χ1n) is 7.96. The minimum Gasteiger partial charge on any atom is -0.357 e. The molecule has 1 aliphatic rings. The summed E-state index contributed by atoms with van der Waals surface area (Å²) < 4.78 is 0. The van der Waals surface area contributed by atoms with Gasteiger partial charge >= 0.3 is 0 Å². The van der Waals surface area contributed by atoms with E-state index >= 15 is 0 Å². The van der Waals surface area contributed by atoms with E-state index in [4.69, 9.17) is 5.73 Å². The van der Waals surface area contributed by atoms with Gasteiger partial charge in [-0.05, 0) is 30.5 Å². The molecule has 0 aliphatic carbocycles. The zero-order valence-electron chi connectivity index (χ0n) is 14.2. The molecule has 1 aromatic rings. The van der Waals surface area contributed by atoms with Crippen LogP contribution in [0.3, 0.4) is 0 Å². The molecule has 0 radical (unpaired) electrons. The lowest BCUT2D eigenvalue weighted by molar-refractivity contribution is -0.129. The Hall–Kier alpha value is -1.63. The van der Waals surface area contributed by atoms with Crippen LogP contribution in [0, 0.1) is 5.41 Å². The molecule has 2 rings (SSSR count). The van der Waals surface area contributed by atoms with Gasteiger partial charge in [0, 0.05) is 13.6 Å². The zero-order chi connectivity index (χ0) is 16.9. The second-order valence-corrected chi connectivity index (χ2v) is 6.50. The van der Waals surface area contributed by atoms with Crippen molar-refractivity contribution in [2.24, 2.45) is 11.1 Å². The van der Waals surface area contributed by atoms with Gasteiger partial charge in [0.15, 0.2) is 0 Å². The number of amides is 2. The molecule has 2 atom stereocenters. The second-order valence-electron chi connectivity index (χ2n) is 6.50. The SMILES string of the molecule is CNC(=O)C(NC(=O)CN1CCC(C)(CN)C1)c1ccccc1.Cl. The number of nitrogens with two attached hydrogens (primary N) is 1. The first-order chi connectivity index (χ1) is 11.0. The Labute approximate surface area is 149 Å². The van der Waals surface area contributed by atoms with Crippen molar-refractivity contribution >= 4 is 24.2 Å². The normalized spacial score (nSPS) is 21.6. The maximum Gasteiger partial charge on any atom is 0.246 e. The number of hydrogen-bond donors (Lipinski definition) is 3. The molecule has 24 heavy (non-hydrogen) atoms. The Morgan fingerprint density at radius 2 is 2.00 bits per heavy atom. The summed E-state index contributed by atoms with van der Waals surface area (Å²) >= 11 is 0. The highest BCUT2D eigenvalue weighted by molar-refractivity contribution is 5.89. The topological polar surface area (TPSA) is 87.5 Å². The summed E-state index contributed by atoms with van der Waals surface area (Å²) in [6, 6.07) is 8.58. The van der Waals surface area contributed by atoms with Gasteiger partial charge in [-0.15, -0.1) is 12.4 Å². The van der Waals surface area contributed by atoms with Crippen molar-refractivity contribution in [2.75, 3.05) is 33.2 Å². The van der Waals surface area contributed by atoms with Gasteiger partial charge in [0.1, 0.15) is 6.04 Å². The number of benzene rings is 1. The smallest absolute Gasteiger partial charge is 0.246 e. The molecule has 0 spiro atoms. The maximum absolute atomic E-state index is 12.3. The summed E-state index contributed by atoms with van der Waals surface area (Å²) in [6.07, 6.45) is 0.994. The molecule has 2 unspecified atom stereocenters. The Morgan fingerprint density at radius 1 is 1.33 bits per heavy atom. The minimum absolute atomic E-state index is 0. The van der Waals surface area contributed by atoms with Gasteiger partial charge in [-0.25, -0.2) is 0 Å². The Kier molecular flexibility index (Phi) is 7.66. The number of likely N-dealkylation sites (tertiary alicyclic amines) is 1. The molecule has 1 saturated heterocycles. The molecule has 6 nitrogen and oxygen atoms in total. The van der Waals surface area contributed by atoms with Crippen LogP contribution in [0.2, 0.25) is 0 Å². The Morgan fingerprint density at radius 3 is 2.54 bits per heavy atom. The van der Waals surface area contributed by atoms with Crippen LogP contribution in [-0.2, 0) is 9.59 Å². The van der Waals surface area contributed by atoms with Crippen molar-refractivity contribution in [3.8, 4) is 0 Å². The van der Waals surface area contributed by atoms with Crippen molar-refractivity contribution < 1.29 is 9.59 Å². The molecule has 134 valence electrons. The minimum atomic E-state index is -0.669. The zero-order valence-corrected chi connectivity index (χ0v) is 15.1. The molecule has 7 heteroatoms. The van der Waals surface area contributed by atoms with E-state index in [-0.39, 0.29) is 36.2 Å². The average molecular weight is 355 g/mol. The number of rotatable bonds is 6. The largest absolute Gasteiger partial charge is 0.357 e. The van der Waals surface area contributed by atoms with Gasteiger partial charge in [0.05, 0.1) is 6.54 Å². The van der Waals surface area contributed by atoms with Crippen molar-refractivity contribution in [3.63, 3.8) is 0 Å². The highest BCUT2D eigenvalue weighted by Crippen LogP contribution is 2.28. The standard InChI is InChI=1S/C17H26N4O2.ClH/c1-17(11-18)8-9-21(12-17)10-14(22)20-15(16(23)19-2)13-6-4-3-5-7-13;/h3-7,15H,8-12,18H2,1-2H3,(H,19,23)(H,20,22);1H. The third kappa shape index (κ3) is 5.19. The predicted molar refractivity (Wildman–Crippen MR) is 96.9 cm³/mol. The lowest BCUT2D eigenvalue weighted by atomic mass is 9.90. The monoisotopic (exact) mass is 354 g/mol. The number of nitrogens with one attached hydrogen (secondary N) is 2. The molecule has 1 aromatic carbocycles. The van der Waals surface area contributed by atoms with Crippen LogP contribution in [0.25, 0.3) is 0 Å². The van der Waals surface area contributed by atoms with Gasteiger partial charge in [-0.3, -0.25) is 14.5 Å². The molecule has 1 fully saturated rings. The lowest BCUT2D eigenvalue weighted by Crippen LogP contribution is -2.43.